The van der Waals surface area contributed by atoms with E-state index in [1.54, 1.807) is 11.8 Å². The topological polar surface area (TPSA) is 56.7 Å². The third kappa shape index (κ3) is 3.76. The van der Waals surface area contributed by atoms with Gasteiger partial charge in [-0.2, -0.15) is 0 Å². The van der Waals surface area contributed by atoms with Gasteiger partial charge in [0.2, 0.25) is 5.91 Å². The van der Waals surface area contributed by atoms with Gasteiger partial charge in [-0.05, 0) is 20.9 Å². The van der Waals surface area contributed by atoms with Crippen molar-refractivity contribution < 1.29 is 9.90 Å². The number of hydrogen-bond donors (Lipinski definition) is 1. The summed E-state index contributed by atoms with van der Waals surface area (Å²) >= 11 is 1.48. The fraction of sp³-hybridized carbons (Fsp3) is 0.667. The van der Waals surface area contributed by atoms with Crippen molar-refractivity contribution in [2.75, 3.05) is 25.1 Å². The van der Waals surface area contributed by atoms with Crippen molar-refractivity contribution in [1.29, 1.82) is 0 Å². The Morgan fingerprint density at radius 1 is 1.61 bits per heavy atom. The maximum absolute atomic E-state index is 11.4. The summed E-state index contributed by atoms with van der Waals surface area (Å²) in [5.41, 5.74) is 0.928. The minimum absolute atomic E-state index is 0.00970. The molecule has 0 saturated heterocycles. The maximum Gasteiger partial charge on any atom is 0.225 e. The van der Waals surface area contributed by atoms with Crippen LogP contribution in [0.15, 0.2) is 5.38 Å². The zero-order valence-electron chi connectivity index (χ0n) is 11.4. The molecule has 102 valence electrons. The normalized spacial score (nSPS) is 12.8. The van der Waals surface area contributed by atoms with Gasteiger partial charge in [-0.3, -0.25) is 14.6 Å². The first-order valence-corrected chi connectivity index (χ1v) is 6.91. The average Bonchev–Trinajstić information content (AvgIpc) is 2.76. The highest BCUT2D eigenvalue weighted by Gasteiger charge is 2.15. The number of carbonyl (C=O) groups is 1. The Hall–Kier alpha value is -0.980. The summed E-state index contributed by atoms with van der Waals surface area (Å²) in [7, 11) is 1.95. The number of rotatable bonds is 6. The number of nitrogens with zero attached hydrogens (tertiary/aromatic N) is 3. The Morgan fingerprint density at radius 3 is 2.78 bits per heavy atom. The molecule has 1 aromatic heterocycles. The van der Waals surface area contributed by atoms with Crippen molar-refractivity contribution in [2.24, 2.45) is 0 Å². The fourth-order valence-corrected chi connectivity index (χ4v) is 2.46. The summed E-state index contributed by atoms with van der Waals surface area (Å²) in [5.74, 6) is 0.00970. The highest BCUT2D eigenvalue weighted by molar-refractivity contribution is 7.14. The number of likely N-dealkylation sites (N-methyl/N-ethyl adjacent to an activating group) is 1. The van der Waals surface area contributed by atoms with E-state index in [-0.39, 0.29) is 18.6 Å². The third-order valence-corrected chi connectivity index (χ3v) is 3.81. The van der Waals surface area contributed by atoms with Crippen LogP contribution in [0, 0.1) is 0 Å². The minimum atomic E-state index is 0.00970. The Morgan fingerprint density at radius 2 is 2.28 bits per heavy atom. The van der Waals surface area contributed by atoms with E-state index in [9.17, 15) is 4.79 Å². The number of aliphatic hydroxyl groups is 1. The molecule has 6 heteroatoms. The quantitative estimate of drug-likeness (QED) is 0.848. The van der Waals surface area contributed by atoms with E-state index in [0.717, 1.165) is 10.8 Å². The predicted molar refractivity (Wildman–Crippen MR) is 73.8 cm³/mol. The van der Waals surface area contributed by atoms with Crippen molar-refractivity contribution in [1.82, 2.24) is 9.88 Å². The predicted octanol–water partition coefficient (Wildman–Crippen LogP) is 1.33. The molecule has 0 aromatic carbocycles. The molecule has 5 nitrogen and oxygen atoms in total. The van der Waals surface area contributed by atoms with Gasteiger partial charge < -0.3 is 5.11 Å². The lowest BCUT2D eigenvalue weighted by molar-refractivity contribution is -0.116. The lowest BCUT2D eigenvalue weighted by Gasteiger charge is -2.21. The molecule has 0 radical (unpaired) electrons. The van der Waals surface area contributed by atoms with Gasteiger partial charge in [0.1, 0.15) is 0 Å². The molecule has 1 rings (SSSR count). The summed E-state index contributed by atoms with van der Waals surface area (Å²) in [4.78, 5) is 19.6. The van der Waals surface area contributed by atoms with Crippen molar-refractivity contribution >= 4 is 22.4 Å². The number of thiazole rings is 1. The molecule has 1 unspecified atom stereocenters. The van der Waals surface area contributed by atoms with Crippen molar-refractivity contribution in [2.45, 2.75) is 33.4 Å². The van der Waals surface area contributed by atoms with Crippen LogP contribution in [0.2, 0.25) is 0 Å². The SMILES string of the molecule is CCN(C(C)=O)c1nc(CN(C)C(C)CO)cs1. The Balaban J connectivity index is 2.71. The average molecular weight is 271 g/mol. The summed E-state index contributed by atoms with van der Waals surface area (Å²) < 4.78 is 0. The van der Waals surface area contributed by atoms with Crippen LogP contribution in [0.1, 0.15) is 26.5 Å². The van der Waals surface area contributed by atoms with Crippen molar-refractivity contribution in [3.8, 4) is 0 Å². The number of hydrogen-bond acceptors (Lipinski definition) is 5. The van der Waals surface area contributed by atoms with Gasteiger partial charge in [-0.25, -0.2) is 4.98 Å². The van der Waals surface area contributed by atoms with E-state index in [1.165, 1.54) is 11.3 Å². The van der Waals surface area contributed by atoms with E-state index < -0.39 is 0 Å². The molecule has 0 aliphatic heterocycles. The van der Waals surface area contributed by atoms with Crippen LogP contribution in [0.4, 0.5) is 5.13 Å². The molecule has 0 aliphatic rings. The van der Waals surface area contributed by atoms with E-state index in [4.69, 9.17) is 5.11 Å². The molecular weight excluding hydrogens is 250 g/mol. The molecule has 1 aromatic rings. The second-order valence-electron chi connectivity index (χ2n) is 4.33. The summed E-state index contributed by atoms with van der Waals surface area (Å²) in [6.45, 7) is 6.87. The zero-order chi connectivity index (χ0) is 13.7. The van der Waals surface area contributed by atoms with Gasteiger partial charge in [-0.1, -0.05) is 0 Å². The second kappa shape index (κ2) is 6.82. The van der Waals surface area contributed by atoms with E-state index in [0.29, 0.717) is 13.1 Å². The molecule has 18 heavy (non-hydrogen) atoms. The molecule has 1 atom stereocenters. The number of aliphatic hydroxyl groups excluding tert-OH is 1. The molecule has 0 bridgehead atoms. The molecule has 0 spiro atoms. The zero-order valence-corrected chi connectivity index (χ0v) is 12.2. The van der Waals surface area contributed by atoms with Crippen molar-refractivity contribution in [3.05, 3.63) is 11.1 Å². The van der Waals surface area contributed by atoms with Gasteiger partial charge >= 0.3 is 0 Å². The molecule has 0 saturated carbocycles. The van der Waals surface area contributed by atoms with Crippen LogP contribution in [-0.2, 0) is 11.3 Å². The van der Waals surface area contributed by atoms with Crippen LogP contribution in [0.25, 0.3) is 0 Å². The van der Waals surface area contributed by atoms with Gasteiger partial charge in [0.15, 0.2) is 5.13 Å². The third-order valence-electron chi connectivity index (χ3n) is 2.89. The van der Waals surface area contributed by atoms with Gasteiger partial charge in [0.05, 0.1) is 12.3 Å². The van der Waals surface area contributed by atoms with Crippen LogP contribution in [-0.4, -0.2) is 47.1 Å². The second-order valence-corrected chi connectivity index (χ2v) is 5.17. The van der Waals surface area contributed by atoms with Crippen LogP contribution in [0.3, 0.4) is 0 Å². The molecule has 1 N–H and O–H groups in total. The standard InChI is InChI=1S/C12H21N3O2S/c1-5-15(10(3)17)12-13-11(8-18-12)6-14(4)9(2)7-16/h8-9,16H,5-7H2,1-4H3. The first-order valence-electron chi connectivity index (χ1n) is 6.03. The summed E-state index contributed by atoms with van der Waals surface area (Å²) in [5, 5.41) is 11.8. The van der Waals surface area contributed by atoms with Crippen molar-refractivity contribution in [3.63, 3.8) is 0 Å². The first-order chi connectivity index (χ1) is 8.49. The first kappa shape index (κ1) is 15.1. The number of carbonyl (C=O) groups excluding carboxylic acids is 1. The van der Waals surface area contributed by atoms with E-state index in [2.05, 4.69) is 4.98 Å². The lowest BCUT2D eigenvalue weighted by Crippen LogP contribution is -2.31. The largest absolute Gasteiger partial charge is 0.395 e. The van der Waals surface area contributed by atoms with Crippen LogP contribution in [0.5, 0.6) is 0 Å². The smallest absolute Gasteiger partial charge is 0.225 e. The Labute approximate surface area is 112 Å². The highest BCUT2D eigenvalue weighted by Crippen LogP contribution is 2.21. The summed E-state index contributed by atoms with van der Waals surface area (Å²) in [6, 6.07) is 0.102. The minimum Gasteiger partial charge on any atom is -0.395 e. The monoisotopic (exact) mass is 271 g/mol. The number of amides is 1. The fourth-order valence-electron chi connectivity index (χ4n) is 1.54. The molecular formula is C12H21N3O2S. The molecule has 1 amide bonds. The Kier molecular flexibility index (Phi) is 5.71. The van der Waals surface area contributed by atoms with Gasteiger partial charge in [0, 0.05) is 31.4 Å². The van der Waals surface area contributed by atoms with Crippen LogP contribution >= 0.6 is 11.3 Å². The van der Waals surface area contributed by atoms with Gasteiger partial charge in [-0.15, -0.1) is 11.3 Å². The Bertz CT molecular complexity index is 394. The lowest BCUT2D eigenvalue weighted by atomic mass is 10.3. The number of anilines is 1. The van der Waals surface area contributed by atoms with E-state index in [1.807, 2.05) is 31.2 Å². The number of aromatic nitrogens is 1. The van der Waals surface area contributed by atoms with E-state index >= 15 is 0 Å². The maximum atomic E-state index is 11.4. The highest BCUT2D eigenvalue weighted by atomic mass is 32.1. The molecule has 0 aliphatic carbocycles. The molecule has 0 fully saturated rings. The summed E-state index contributed by atoms with van der Waals surface area (Å²) in [6.07, 6.45) is 0. The van der Waals surface area contributed by atoms with Crippen LogP contribution < -0.4 is 4.90 Å². The molecule has 1 heterocycles. The van der Waals surface area contributed by atoms with Gasteiger partial charge in [0.25, 0.3) is 0 Å².